The van der Waals surface area contributed by atoms with Crippen LogP contribution in [0.3, 0.4) is 0 Å². The lowest BCUT2D eigenvalue weighted by molar-refractivity contribution is 0.503. The molecule has 0 saturated heterocycles. The first-order chi connectivity index (χ1) is 9.47. The molecule has 0 unspecified atom stereocenters. The summed E-state index contributed by atoms with van der Waals surface area (Å²) >= 11 is 1.76. The standard InChI is InChI=1S/C15H18N4S/c1-15(2,3)13-14(16)17-18-19(13)8-10-9-20-12-7-5-4-6-11(10)12/h4-7,9H,8,16H2,1-3H3. The van der Waals surface area contributed by atoms with E-state index in [1.165, 1.54) is 15.6 Å². The van der Waals surface area contributed by atoms with Gasteiger partial charge in [0, 0.05) is 10.1 Å². The molecule has 3 rings (SSSR count). The van der Waals surface area contributed by atoms with Crippen LogP contribution >= 0.6 is 11.3 Å². The first-order valence-corrected chi connectivity index (χ1v) is 7.49. The quantitative estimate of drug-likeness (QED) is 0.785. The molecular formula is C15H18N4S. The van der Waals surface area contributed by atoms with Crippen molar-refractivity contribution in [1.82, 2.24) is 15.0 Å². The lowest BCUT2D eigenvalue weighted by Crippen LogP contribution is -2.20. The number of thiophene rings is 1. The average Bonchev–Trinajstić information content (AvgIpc) is 2.94. The summed E-state index contributed by atoms with van der Waals surface area (Å²) in [6, 6.07) is 8.43. The van der Waals surface area contributed by atoms with Crippen molar-refractivity contribution in [3.63, 3.8) is 0 Å². The fourth-order valence-electron chi connectivity index (χ4n) is 2.53. The van der Waals surface area contributed by atoms with E-state index in [1.807, 2.05) is 4.68 Å². The molecule has 1 aromatic carbocycles. The number of nitrogens with two attached hydrogens (primary N) is 1. The fraction of sp³-hybridized carbons (Fsp3) is 0.333. The zero-order valence-corrected chi connectivity index (χ0v) is 12.7. The summed E-state index contributed by atoms with van der Waals surface area (Å²) in [6.45, 7) is 7.10. The molecule has 0 atom stereocenters. The van der Waals surface area contributed by atoms with Gasteiger partial charge < -0.3 is 5.73 Å². The summed E-state index contributed by atoms with van der Waals surface area (Å²) in [4.78, 5) is 0. The normalized spacial score (nSPS) is 12.2. The third-order valence-electron chi connectivity index (χ3n) is 3.35. The molecule has 0 amide bonds. The Kier molecular flexibility index (Phi) is 3.01. The summed E-state index contributed by atoms with van der Waals surface area (Å²) in [5.41, 5.74) is 8.17. The number of nitrogens with zero attached hydrogens (tertiary/aromatic N) is 3. The maximum atomic E-state index is 5.98. The van der Waals surface area contributed by atoms with Crippen LogP contribution in [0.4, 0.5) is 5.82 Å². The van der Waals surface area contributed by atoms with Crippen LogP contribution in [0.1, 0.15) is 32.0 Å². The molecule has 3 aromatic rings. The summed E-state index contributed by atoms with van der Waals surface area (Å²) in [5.74, 6) is 0.525. The molecule has 0 aliphatic carbocycles. The summed E-state index contributed by atoms with van der Waals surface area (Å²) in [6.07, 6.45) is 0. The van der Waals surface area contributed by atoms with Crippen molar-refractivity contribution in [2.75, 3.05) is 5.73 Å². The van der Waals surface area contributed by atoms with Gasteiger partial charge in [-0.25, -0.2) is 4.68 Å². The third-order valence-corrected chi connectivity index (χ3v) is 4.37. The number of fused-ring (bicyclic) bond motifs is 1. The summed E-state index contributed by atoms with van der Waals surface area (Å²) < 4.78 is 3.22. The third kappa shape index (κ3) is 2.18. The lowest BCUT2D eigenvalue weighted by Gasteiger charge is -2.20. The van der Waals surface area contributed by atoms with E-state index in [2.05, 4.69) is 60.7 Å². The van der Waals surface area contributed by atoms with Gasteiger partial charge in [-0.05, 0) is 22.4 Å². The smallest absolute Gasteiger partial charge is 0.169 e. The second kappa shape index (κ2) is 4.59. The van der Waals surface area contributed by atoms with Crippen LogP contribution in [-0.4, -0.2) is 15.0 Å². The van der Waals surface area contributed by atoms with Crippen LogP contribution in [0.15, 0.2) is 29.6 Å². The highest BCUT2D eigenvalue weighted by Gasteiger charge is 2.24. The van der Waals surface area contributed by atoms with E-state index in [4.69, 9.17) is 5.73 Å². The zero-order valence-electron chi connectivity index (χ0n) is 11.9. The SMILES string of the molecule is CC(C)(C)c1c(N)nnn1Cc1csc2ccccc12. The van der Waals surface area contributed by atoms with Gasteiger partial charge >= 0.3 is 0 Å². The van der Waals surface area contributed by atoms with Crippen molar-refractivity contribution in [3.05, 3.63) is 40.9 Å². The Morgan fingerprint density at radius 2 is 2.00 bits per heavy atom. The summed E-state index contributed by atoms with van der Waals surface area (Å²) in [7, 11) is 0. The van der Waals surface area contributed by atoms with Crippen LogP contribution in [0.2, 0.25) is 0 Å². The minimum Gasteiger partial charge on any atom is -0.381 e. The van der Waals surface area contributed by atoms with Crippen molar-refractivity contribution >= 4 is 27.2 Å². The predicted molar refractivity (Wildman–Crippen MR) is 84.1 cm³/mol. The highest BCUT2D eigenvalue weighted by atomic mass is 32.1. The number of hydrogen-bond donors (Lipinski definition) is 1. The molecular weight excluding hydrogens is 268 g/mol. The Labute approximate surface area is 122 Å². The minimum atomic E-state index is -0.0700. The van der Waals surface area contributed by atoms with Gasteiger partial charge in [-0.15, -0.1) is 16.4 Å². The second-order valence-electron chi connectivity index (χ2n) is 5.99. The largest absolute Gasteiger partial charge is 0.381 e. The van der Waals surface area contributed by atoms with Crippen molar-refractivity contribution in [1.29, 1.82) is 0 Å². The second-order valence-corrected chi connectivity index (χ2v) is 6.90. The molecule has 0 bridgehead atoms. The molecule has 2 heterocycles. The number of anilines is 1. The molecule has 0 aliphatic rings. The summed E-state index contributed by atoms with van der Waals surface area (Å²) in [5, 5.41) is 11.7. The van der Waals surface area contributed by atoms with Crippen LogP contribution in [0, 0.1) is 0 Å². The van der Waals surface area contributed by atoms with Gasteiger partial charge in [-0.1, -0.05) is 44.2 Å². The van der Waals surface area contributed by atoms with Crippen LogP contribution in [-0.2, 0) is 12.0 Å². The van der Waals surface area contributed by atoms with E-state index in [-0.39, 0.29) is 5.41 Å². The molecule has 4 nitrogen and oxygen atoms in total. The maximum Gasteiger partial charge on any atom is 0.169 e. The molecule has 0 saturated carbocycles. The lowest BCUT2D eigenvalue weighted by atomic mass is 9.92. The average molecular weight is 286 g/mol. The first-order valence-electron chi connectivity index (χ1n) is 6.61. The Morgan fingerprint density at radius 3 is 2.75 bits per heavy atom. The van der Waals surface area contributed by atoms with Gasteiger partial charge in [-0.2, -0.15) is 0 Å². The molecule has 2 N–H and O–H groups in total. The van der Waals surface area contributed by atoms with E-state index in [0.29, 0.717) is 12.4 Å². The molecule has 20 heavy (non-hydrogen) atoms. The minimum absolute atomic E-state index is 0.0700. The molecule has 2 aromatic heterocycles. The molecule has 0 aliphatic heterocycles. The molecule has 0 spiro atoms. The van der Waals surface area contributed by atoms with Gasteiger partial charge in [0.2, 0.25) is 0 Å². The number of aromatic nitrogens is 3. The van der Waals surface area contributed by atoms with E-state index in [1.54, 1.807) is 11.3 Å². The Morgan fingerprint density at radius 1 is 1.25 bits per heavy atom. The van der Waals surface area contributed by atoms with Crippen molar-refractivity contribution in [2.24, 2.45) is 0 Å². The Bertz CT molecular complexity index is 749. The zero-order chi connectivity index (χ0) is 14.3. The molecule has 104 valence electrons. The topological polar surface area (TPSA) is 56.7 Å². The molecule has 5 heteroatoms. The highest BCUT2D eigenvalue weighted by molar-refractivity contribution is 7.17. The van der Waals surface area contributed by atoms with Crippen molar-refractivity contribution in [3.8, 4) is 0 Å². The Hall–Kier alpha value is -1.88. The predicted octanol–water partition coefficient (Wildman–Crippen LogP) is 3.42. The van der Waals surface area contributed by atoms with Gasteiger partial charge in [0.1, 0.15) is 0 Å². The molecule has 0 fully saturated rings. The number of hydrogen-bond acceptors (Lipinski definition) is 4. The number of benzene rings is 1. The number of nitrogen functional groups attached to an aromatic ring is 1. The van der Waals surface area contributed by atoms with Gasteiger partial charge in [0.15, 0.2) is 5.82 Å². The van der Waals surface area contributed by atoms with E-state index < -0.39 is 0 Å². The van der Waals surface area contributed by atoms with Crippen LogP contribution < -0.4 is 5.73 Å². The van der Waals surface area contributed by atoms with Gasteiger partial charge in [0.25, 0.3) is 0 Å². The first kappa shape index (κ1) is 13.1. The van der Waals surface area contributed by atoms with Crippen LogP contribution in [0.5, 0.6) is 0 Å². The maximum absolute atomic E-state index is 5.98. The Balaban J connectivity index is 2.04. The fourth-order valence-corrected chi connectivity index (χ4v) is 3.48. The van der Waals surface area contributed by atoms with E-state index in [0.717, 1.165) is 5.69 Å². The molecule has 0 radical (unpaired) electrons. The van der Waals surface area contributed by atoms with E-state index >= 15 is 0 Å². The van der Waals surface area contributed by atoms with Gasteiger partial charge in [-0.3, -0.25) is 0 Å². The van der Waals surface area contributed by atoms with Gasteiger partial charge in [0.05, 0.1) is 12.2 Å². The van der Waals surface area contributed by atoms with Crippen molar-refractivity contribution < 1.29 is 0 Å². The van der Waals surface area contributed by atoms with E-state index in [9.17, 15) is 0 Å². The monoisotopic (exact) mass is 286 g/mol. The van der Waals surface area contributed by atoms with Crippen molar-refractivity contribution in [2.45, 2.75) is 32.7 Å². The highest BCUT2D eigenvalue weighted by Crippen LogP contribution is 2.30. The number of rotatable bonds is 2. The van der Waals surface area contributed by atoms with Crippen LogP contribution in [0.25, 0.3) is 10.1 Å².